The van der Waals surface area contributed by atoms with Gasteiger partial charge in [0.05, 0.1) is 16.6 Å². The highest BCUT2D eigenvalue weighted by molar-refractivity contribution is 5.92. The largest absolute Gasteiger partial charge is 0.478 e. The second-order valence-corrected chi connectivity index (χ2v) is 5.83. The van der Waals surface area contributed by atoms with E-state index < -0.39 is 5.97 Å². The fourth-order valence-corrected chi connectivity index (χ4v) is 2.02. The molecule has 0 aliphatic rings. The van der Waals surface area contributed by atoms with Crippen molar-refractivity contribution in [3.63, 3.8) is 0 Å². The average Bonchev–Trinajstić information content (AvgIpc) is 2.53. The van der Waals surface area contributed by atoms with Crippen molar-refractivity contribution in [2.24, 2.45) is 12.5 Å². The van der Waals surface area contributed by atoms with E-state index in [0.29, 0.717) is 0 Å². The van der Waals surface area contributed by atoms with E-state index >= 15 is 0 Å². The van der Waals surface area contributed by atoms with Crippen molar-refractivity contribution in [2.45, 2.75) is 27.2 Å². The molecule has 1 aromatic carbocycles. The van der Waals surface area contributed by atoms with E-state index in [1.165, 1.54) is 0 Å². The first-order chi connectivity index (χ1) is 8.28. The Balaban J connectivity index is 2.52. The number of carbonyl (C=O) groups is 1. The molecule has 0 atom stereocenters. The number of hydrogen-bond donors (Lipinski definition) is 1. The summed E-state index contributed by atoms with van der Waals surface area (Å²) in [6, 6.07) is 5.06. The number of aromatic carboxylic acids is 1. The monoisotopic (exact) mass is 246 g/mol. The number of hydrogen-bond acceptors (Lipinski definition) is 2. The molecule has 2 rings (SSSR count). The Morgan fingerprint density at radius 2 is 2.06 bits per heavy atom. The van der Waals surface area contributed by atoms with Crippen LogP contribution in [0.3, 0.4) is 0 Å². The first-order valence-corrected chi connectivity index (χ1v) is 5.96. The van der Waals surface area contributed by atoms with Crippen LogP contribution in [0.1, 0.15) is 37.0 Å². The number of nitrogens with zero attached hydrogens (tertiary/aromatic N) is 2. The summed E-state index contributed by atoms with van der Waals surface area (Å²) in [5.41, 5.74) is 2.16. The summed E-state index contributed by atoms with van der Waals surface area (Å²) in [6.07, 6.45) is 0.862. The molecule has 0 aliphatic carbocycles. The Labute approximate surface area is 106 Å². The highest BCUT2D eigenvalue weighted by Gasteiger charge is 2.17. The Morgan fingerprint density at radius 1 is 1.39 bits per heavy atom. The number of rotatable bonds is 2. The van der Waals surface area contributed by atoms with Crippen molar-refractivity contribution in [1.82, 2.24) is 9.55 Å². The lowest BCUT2D eigenvalue weighted by Gasteiger charge is -2.17. The van der Waals surface area contributed by atoms with Crippen molar-refractivity contribution < 1.29 is 9.90 Å². The minimum absolute atomic E-state index is 0.158. The van der Waals surface area contributed by atoms with Gasteiger partial charge in [0.25, 0.3) is 0 Å². The van der Waals surface area contributed by atoms with Gasteiger partial charge >= 0.3 is 5.97 Å². The molecule has 0 radical (unpaired) electrons. The summed E-state index contributed by atoms with van der Waals surface area (Å²) >= 11 is 0. The van der Waals surface area contributed by atoms with Crippen LogP contribution < -0.4 is 0 Å². The maximum atomic E-state index is 10.9. The third-order valence-electron chi connectivity index (χ3n) is 2.91. The van der Waals surface area contributed by atoms with Crippen LogP contribution >= 0.6 is 0 Å². The van der Waals surface area contributed by atoms with Crippen LogP contribution in [0.4, 0.5) is 0 Å². The molecule has 1 N–H and O–H groups in total. The van der Waals surface area contributed by atoms with Gasteiger partial charge in [0.2, 0.25) is 0 Å². The zero-order valence-corrected chi connectivity index (χ0v) is 11.2. The van der Waals surface area contributed by atoms with E-state index in [1.807, 2.05) is 17.7 Å². The van der Waals surface area contributed by atoms with Crippen LogP contribution in [0.5, 0.6) is 0 Å². The van der Waals surface area contributed by atoms with Crippen LogP contribution in [0, 0.1) is 5.41 Å². The van der Waals surface area contributed by atoms with Crippen molar-refractivity contribution in [3.8, 4) is 0 Å². The van der Waals surface area contributed by atoms with Gasteiger partial charge in [-0.1, -0.05) is 20.8 Å². The standard InChI is InChI=1S/C14H18N2O2/c1-14(2,3)8-12-15-10-7-9(13(17)18)5-6-11(10)16(12)4/h5-7H,8H2,1-4H3,(H,17,18). The zero-order chi connectivity index (χ0) is 13.5. The lowest BCUT2D eigenvalue weighted by molar-refractivity contribution is 0.0697. The molecule has 96 valence electrons. The molecular formula is C14H18N2O2. The normalized spacial score (nSPS) is 12.0. The van der Waals surface area contributed by atoms with Gasteiger partial charge < -0.3 is 9.67 Å². The molecular weight excluding hydrogens is 228 g/mol. The smallest absolute Gasteiger partial charge is 0.335 e. The number of carboxylic acid groups (broad SMARTS) is 1. The van der Waals surface area contributed by atoms with Gasteiger partial charge in [0.1, 0.15) is 5.82 Å². The van der Waals surface area contributed by atoms with Crippen LogP contribution in [0.2, 0.25) is 0 Å². The van der Waals surface area contributed by atoms with Crippen molar-refractivity contribution >= 4 is 17.0 Å². The molecule has 0 spiro atoms. The second-order valence-electron chi connectivity index (χ2n) is 5.83. The molecule has 2 aromatic rings. The first-order valence-electron chi connectivity index (χ1n) is 5.96. The van der Waals surface area contributed by atoms with Gasteiger partial charge in [0, 0.05) is 13.5 Å². The van der Waals surface area contributed by atoms with Gasteiger partial charge in [-0.05, 0) is 23.6 Å². The van der Waals surface area contributed by atoms with Crippen molar-refractivity contribution in [2.75, 3.05) is 0 Å². The topological polar surface area (TPSA) is 55.1 Å². The van der Waals surface area contributed by atoms with Gasteiger partial charge in [0.15, 0.2) is 0 Å². The van der Waals surface area contributed by atoms with Crippen LogP contribution in [0.15, 0.2) is 18.2 Å². The highest BCUT2D eigenvalue weighted by Crippen LogP contribution is 2.23. The SMILES string of the molecule is Cn1c(CC(C)(C)C)nc2cc(C(=O)O)ccc21. The molecule has 0 unspecified atom stereocenters. The molecule has 0 fully saturated rings. The summed E-state index contributed by atoms with van der Waals surface area (Å²) in [5, 5.41) is 8.97. The molecule has 1 heterocycles. The predicted molar refractivity (Wildman–Crippen MR) is 70.8 cm³/mol. The van der Waals surface area contributed by atoms with Crippen LogP contribution in [-0.4, -0.2) is 20.6 Å². The van der Waals surface area contributed by atoms with Gasteiger partial charge in [-0.2, -0.15) is 0 Å². The molecule has 0 amide bonds. The van der Waals surface area contributed by atoms with Gasteiger partial charge in [-0.15, -0.1) is 0 Å². The fourth-order valence-electron chi connectivity index (χ4n) is 2.02. The van der Waals surface area contributed by atoms with Crippen LogP contribution in [0.25, 0.3) is 11.0 Å². The Bertz CT molecular complexity index is 606. The number of benzene rings is 1. The Hall–Kier alpha value is -1.84. The maximum absolute atomic E-state index is 10.9. The maximum Gasteiger partial charge on any atom is 0.335 e. The fraction of sp³-hybridized carbons (Fsp3) is 0.429. The lowest BCUT2D eigenvalue weighted by Crippen LogP contribution is -2.12. The third kappa shape index (κ3) is 2.37. The summed E-state index contributed by atoms with van der Waals surface area (Å²) in [5.74, 6) is 0.0694. The van der Waals surface area contributed by atoms with E-state index in [9.17, 15) is 4.79 Å². The minimum Gasteiger partial charge on any atom is -0.478 e. The molecule has 18 heavy (non-hydrogen) atoms. The number of aromatic nitrogens is 2. The number of aryl methyl sites for hydroxylation is 1. The summed E-state index contributed by atoms with van der Waals surface area (Å²) in [4.78, 5) is 15.5. The number of imidazole rings is 1. The van der Waals surface area contributed by atoms with E-state index in [2.05, 4.69) is 25.8 Å². The minimum atomic E-state index is -0.917. The molecule has 4 nitrogen and oxygen atoms in total. The summed E-state index contributed by atoms with van der Waals surface area (Å²) in [6.45, 7) is 6.49. The number of carboxylic acids is 1. The molecule has 0 saturated carbocycles. The highest BCUT2D eigenvalue weighted by atomic mass is 16.4. The van der Waals surface area contributed by atoms with Crippen molar-refractivity contribution in [1.29, 1.82) is 0 Å². The molecule has 0 saturated heterocycles. The van der Waals surface area contributed by atoms with Gasteiger partial charge in [-0.3, -0.25) is 0 Å². The molecule has 1 aromatic heterocycles. The van der Waals surface area contributed by atoms with E-state index in [-0.39, 0.29) is 11.0 Å². The Morgan fingerprint density at radius 3 is 2.61 bits per heavy atom. The molecule has 4 heteroatoms. The van der Waals surface area contributed by atoms with E-state index in [1.54, 1.807) is 12.1 Å². The second kappa shape index (κ2) is 4.12. The van der Waals surface area contributed by atoms with E-state index in [0.717, 1.165) is 23.3 Å². The number of fused-ring (bicyclic) bond motifs is 1. The molecule has 0 aliphatic heterocycles. The molecule has 0 bridgehead atoms. The van der Waals surface area contributed by atoms with Crippen LogP contribution in [-0.2, 0) is 13.5 Å². The Kier molecular flexibility index (Phi) is 2.89. The first kappa shape index (κ1) is 12.6. The zero-order valence-electron chi connectivity index (χ0n) is 11.2. The van der Waals surface area contributed by atoms with Gasteiger partial charge in [-0.25, -0.2) is 9.78 Å². The van der Waals surface area contributed by atoms with Crippen molar-refractivity contribution in [3.05, 3.63) is 29.6 Å². The average molecular weight is 246 g/mol. The third-order valence-corrected chi connectivity index (χ3v) is 2.91. The predicted octanol–water partition coefficient (Wildman–Crippen LogP) is 2.86. The summed E-state index contributed by atoms with van der Waals surface area (Å²) < 4.78 is 2.03. The van der Waals surface area contributed by atoms with E-state index in [4.69, 9.17) is 5.11 Å². The quantitative estimate of drug-likeness (QED) is 0.886. The lowest BCUT2D eigenvalue weighted by atomic mass is 9.92. The summed E-state index contributed by atoms with van der Waals surface area (Å²) in [7, 11) is 1.97.